The fourth-order valence-corrected chi connectivity index (χ4v) is 2.41. The van der Waals surface area contributed by atoms with Crippen molar-refractivity contribution in [3.05, 3.63) is 29.8 Å². The van der Waals surface area contributed by atoms with E-state index in [0.717, 1.165) is 5.56 Å². The maximum absolute atomic E-state index is 11.8. The normalized spacial score (nSPS) is 12.3. The lowest BCUT2D eigenvalue weighted by molar-refractivity contribution is 0.460. The van der Waals surface area contributed by atoms with Crippen LogP contribution in [-0.2, 0) is 16.6 Å². The molecular formula is C11H18N2O2S. The Bertz CT molecular complexity index is 455. The molecular weight excluding hydrogens is 224 g/mol. The van der Waals surface area contributed by atoms with Gasteiger partial charge in [-0.15, -0.1) is 0 Å². The lowest BCUT2D eigenvalue weighted by Gasteiger charge is -2.20. The Morgan fingerprint density at radius 2 is 1.88 bits per heavy atom. The van der Waals surface area contributed by atoms with E-state index in [1.54, 1.807) is 27.0 Å². The number of nitrogens with two attached hydrogens (primary N) is 1. The summed E-state index contributed by atoms with van der Waals surface area (Å²) < 4.78 is 25.0. The molecule has 0 aliphatic heterocycles. The van der Waals surface area contributed by atoms with Crippen molar-refractivity contribution in [3.63, 3.8) is 0 Å². The topological polar surface area (TPSA) is 63.4 Å². The summed E-state index contributed by atoms with van der Waals surface area (Å²) in [6, 6.07) is 7.28. The van der Waals surface area contributed by atoms with Crippen LogP contribution >= 0.6 is 0 Å². The quantitative estimate of drug-likeness (QED) is 0.813. The summed E-state index contributed by atoms with van der Waals surface area (Å²) in [5.41, 5.74) is 7.21. The minimum atomic E-state index is -3.21. The highest BCUT2D eigenvalue weighted by Gasteiger charge is 2.22. The summed E-state index contributed by atoms with van der Waals surface area (Å²) in [6.07, 6.45) is 0. The van der Waals surface area contributed by atoms with Gasteiger partial charge in [0.1, 0.15) is 0 Å². The van der Waals surface area contributed by atoms with Crippen LogP contribution in [-0.4, -0.2) is 25.0 Å². The van der Waals surface area contributed by atoms with Crippen LogP contribution in [0.4, 0.5) is 5.69 Å². The highest BCUT2D eigenvalue weighted by molar-refractivity contribution is 7.89. The van der Waals surface area contributed by atoms with Crippen molar-refractivity contribution in [2.45, 2.75) is 25.6 Å². The van der Waals surface area contributed by atoms with Crippen LogP contribution in [0.3, 0.4) is 0 Å². The SMILES string of the molecule is CC(C)S(=O)(=O)N(C)Cc1ccccc1N. The van der Waals surface area contributed by atoms with Crippen LogP contribution in [0.5, 0.6) is 0 Å². The van der Waals surface area contributed by atoms with Crippen molar-refractivity contribution in [3.8, 4) is 0 Å². The van der Waals surface area contributed by atoms with Gasteiger partial charge in [0.15, 0.2) is 0 Å². The van der Waals surface area contributed by atoms with Gasteiger partial charge in [0.2, 0.25) is 10.0 Å². The lowest BCUT2D eigenvalue weighted by atomic mass is 10.2. The predicted molar refractivity (Wildman–Crippen MR) is 66.4 cm³/mol. The molecule has 0 heterocycles. The van der Waals surface area contributed by atoms with Crippen molar-refractivity contribution in [2.24, 2.45) is 0 Å². The number of hydrogen-bond acceptors (Lipinski definition) is 3. The second-order valence-corrected chi connectivity index (χ2v) is 6.64. The summed E-state index contributed by atoms with van der Waals surface area (Å²) in [5, 5.41) is -0.414. The molecule has 0 atom stereocenters. The Morgan fingerprint density at radius 3 is 2.38 bits per heavy atom. The zero-order chi connectivity index (χ0) is 12.3. The molecule has 0 saturated carbocycles. The second-order valence-electron chi connectivity index (χ2n) is 4.05. The fraction of sp³-hybridized carbons (Fsp3) is 0.455. The summed E-state index contributed by atoms with van der Waals surface area (Å²) >= 11 is 0. The Kier molecular flexibility index (Phi) is 3.93. The number of para-hydroxylation sites is 1. The Balaban J connectivity index is 2.88. The van der Waals surface area contributed by atoms with Crippen LogP contribution in [0.25, 0.3) is 0 Å². The number of benzene rings is 1. The number of nitrogen functional groups attached to an aromatic ring is 1. The van der Waals surface area contributed by atoms with Gasteiger partial charge in [-0.1, -0.05) is 18.2 Å². The minimum Gasteiger partial charge on any atom is -0.398 e. The largest absolute Gasteiger partial charge is 0.398 e. The van der Waals surface area contributed by atoms with Gasteiger partial charge in [0.05, 0.1) is 5.25 Å². The van der Waals surface area contributed by atoms with Crippen molar-refractivity contribution >= 4 is 15.7 Å². The Morgan fingerprint density at radius 1 is 1.31 bits per heavy atom. The van der Waals surface area contributed by atoms with Crippen molar-refractivity contribution in [1.29, 1.82) is 0 Å². The van der Waals surface area contributed by atoms with Gasteiger partial charge in [-0.25, -0.2) is 12.7 Å². The molecule has 0 bridgehead atoms. The van der Waals surface area contributed by atoms with Gasteiger partial charge in [-0.2, -0.15) is 0 Å². The van der Waals surface area contributed by atoms with Crippen molar-refractivity contribution < 1.29 is 8.42 Å². The maximum Gasteiger partial charge on any atom is 0.216 e. The zero-order valence-electron chi connectivity index (χ0n) is 9.84. The molecule has 0 unspecified atom stereocenters. The summed E-state index contributed by atoms with van der Waals surface area (Å²) in [7, 11) is -1.64. The average molecular weight is 242 g/mol. The minimum absolute atomic E-state index is 0.313. The zero-order valence-corrected chi connectivity index (χ0v) is 10.7. The van der Waals surface area contributed by atoms with E-state index in [2.05, 4.69) is 0 Å². The van der Waals surface area contributed by atoms with Gasteiger partial charge in [-0.3, -0.25) is 0 Å². The fourth-order valence-electron chi connectivity index (χ4n) is 1.37. The Labute approximate surface area is 97.1 Å². The van der Waals surface area contributed by atoms with Crippen LogP contribution in [0.15, 0.2) is 24.3 Å². The average Bonchev–Trinajstić information content (AvgIpc) is 2.21. The van der Waals surface area contributed by atoms with Crippen molar-refractivity contribution in [1.82, 2.24) is 4.31 Å². The standard InChI is InChI=1S/C11H18N2O2S/c1-9(2)16(14,15)13(3)8-10-6-4-5-7-11(10)12/h4-7,9H,8,12H2,1-3H3. The molecule has 5 heteroatoms. The molecule has 1 rings (SSSR count). The first-order chi connectivity index (χ1) is 7.35. The molecule has 0 fully saturated rings. The number of nitrogens with zero attached hydrogens (tertiary/aromatic N) is 1. The molecule has 4 nitrogen and oxygen atoms in total. The highest BCUT2D eigenvalue weighted by atomic mass is 32.2. The van der Waals surface area contributed by atoms with E-state index in [1.165, 1.54) is 4.31 Å². The first-order valence-corrected chi connectivity index (χ1v) is 6.64. The number of sulfonamides is 1. The van der Waals surface area contributed by atoms with E-state index in [-0.39, 0.29) is 0 Å². The first kappa shape index (κ1) is 13.0. The van der Waals surface area contributed by atoms with Crippen LogP contribution in [0.2, 0.25) is 0 Å². The summed E-state index contributed by atoms with van der Waals surface area (Å²) in [4.78, 5) is 0. The molecule has 0 amide bonds. The van der Waals surface area contributed by atoms with Crippen molar-refractivity contribution in [2.75, 3.05) is 12.8 Å². The van der Waals surface area contributed by atoms with Gasteiger partial charge < -0.3 is 5.73 Å². The maximum atomic E-state index is 11.8. The summed E-state index contributed by atoms with van der Waals surface area (Å²) in [6.45, 7) is 3.65. The van der Waals surface area contributed by atoms with E-state index in [4.69, 9.17) is 5.73 Å². The van der Waals surface area contributed by atoms with E-state index in [9.17, 15) is 8.42 Å². The predicted octanol–water partition coefficient (Wildman–Crippen LogP) is 1.44. The summed E-state index contributed by atoms with van der Waals surface area (Å²) in [5.74, 6) is 0. The molecule has 0 aliphatic rings. The first-order valence-electron chi connectivity index (χ1n) is 5.14. The van der Waals surface area contributed by atoms with Gasteiger partial charge in [0, 0.05) is 19.3 Å². The van der Waals surface area contributed by atoms with E-state index >= 15 is 0 Å². The van der Waals surface area contributed by atoms with E-state index in [0.29, 0.717) is 12.2 Å². The van der Waals surface area contributed by atoms with Gasteiger partial charge in [0.25, 0.3) is 0 Å². The molecule has 1 aromatic carbocycles. The van der Waals surface area contributed by atoms with Crippen LogP contribution < -0.4 is 5.73 Å². The Hall–Kier alpha value is -1.07. The van der Waals surface area contributed by atoms with Crippen LogP contribution in [0, 0.1) is 0 Å². The molecule has 0 spiro atoms. The second kappa shape index (κ2) is 4.84. The third-order valence-corrected chi connectivity index (χ3v) is 4.67. The number of anilines is 1. The third kappa shape index (κ3) is 2.74. The lowest BCUT2D eigenvalue weighted by Crippen LogP contribution is -2.32. The molecule has 0 aliphatic carbocycles. The number of rotatable bonds is 4. The smallest absolute Gasteiger partial charge is 0.216 e. The van der Waals surface area contributed by atoms with Gasteiger partial charge >= 0.3 is 0 Å². The highest BCUT2D eigenvalue weighted by Crippen LogP contribution is 2.16. The van der Waals surface area contributed by atoms with Crippen LogP contribution in [0.1, 0.15) is 19.4 Å². The number of hydrogen-bond donors (Lipinski definition) is 1. The molecule has 2 N–H and O–H groups in total. The molecule has 90 valence electrons. The molecule has 0 saturated heterocycles. The van der Waals surface area contributed by atoms with Gasteiger partial charge in [-0.05, 0) is 25.5 Å². The molecule has 16 heavy (non-hydrogen) atoms. The van der Waals surface area contributed by atoms with E-state index in [1.807, 2.05) is 18.2 Å². The van der Waals surface area contributed by atoms with E-state index < -0.39 is 15.3 Å². The molecule has 1 aromatic rings. The molecule has 0 radical (unpaired) electrons. The molecule has 0 aromatic heterocycles. The third-order valence-electron chi connectivity index (χ3n) is 2.48. The monoisotopic (exact) mass is 242 g/mol.